The standard InChI is InChI=1S/C15H23NO/c1-5-16-13-8-14(9-13)17-15-11(3)6-10(2)7-12(15)4/h6-7,13-14,16H,5,8-9H2,1-4H3. The van der Waals surface area contributed by atoms with Crippen LogP contribution in [0.1, 0.15) is 36.5 Å². The lowest BCUT2D eigenvalue weighted by molar-refractivity contribution is 0.0845. The highest BCUT2D eigenvalue weighted by molar-refractivity contribution is 5.43. The van der Waals surface area contributed by atoms with Gasteiger partial charge in [-0.05, 0) is 51.3 Å². The van der Waals surface area contributed by atoms with Crippen molar-refractivity contribution >= 4 is 0 Å². The monoisotopic (exact) mass is 233 g/mol. The molecule has 0 atom stereocenters. The number of hydrogen-bond acceptors (Lipinski definition) is 2. The van der Waals surface area contributed by atoms with Crippen molar-refractivity contribution in [3.05, 3.63) is 28.8 Å². The maximum atomic E-state index is 6.10. The first-order valence-corrected chi connectivity index (χ1v) is 6.58. The molecule has 1 aliphatic rings. The topological polar surface area (TPSA) is 21.3 Å². The first-order valence-electron chi connectivity index (χ1n) is 6.58. The molecule has 94 valence electrons. The van der Waals surface area contributed by atoms with Gasteiger partial charge in [-0.2, -0.15) is 0 Å². The summed E-state index contributed by atoms with van der Waals surface area (Å²) >= 11 is 0. The Bertz CT molecular complexity index is 371. The van der Waals surface area contributed by atoms with Gasteiger partial charge in [0.05, 0.1) is 0 Å². The Morgan fingerprint density at radius 2 is 1.76 bits per heavy atom. The van der Waals surface area contributed by atoms with Crippen molar-refractivity contribution in [3.63, 3.8) is 0 Å². The van der Waals surface area contributed by atoms with E-state index in [9.17, 15) is 0 Å². The molecule has 2 rings (SSSR count). The second-order valence-corrected chi connectivity index (χ2v) is 5.19. The van der Waals surface area contributed by atoms with Crippen molar-refractivity contribution in [2.45, 2.75) is 52.7 Å². The van der Waals surface area contributed by atoms with Crippen molar-refractivity contribution in [1.29, 1.82) is 0 Å². The number of rotatable bonds is 4. The average Bonchev–Trinajstić information content (AvgIpc) is 2.18. The first-order chi connectivity index (χ1) is 8.10. The Hall–Kier alpha value is -1.02. The zero-order valence-electron chi connectivity index (χ0n) is 11.3. The van der Waals surface area contributed by atoms with E-state index in [0.29, 0.717) is 12.1 Å². The Kier molecular flexibility index (Phi) is 3.72. The molecule has 0 aromatic heterocycles. The fourth-order valence-corrected chi connectivity index (χ4v) is 2.64. The molecule has 1 aromatic carbocycles. The summed E-state index contributed by atoms with van der Waals surface area (Å²) in [5, 5.41) is 3.46. The third-order valence-electron chi connectivity index (χ3n) is 3.48. The van der Waals surface area contributed by atoms with Crippen molar-refractivity contribution in [3.8, 4) is 5.75 Å². The number of benzene rings is 1. The Morgan fingerprint density at radius 3 is 2.29 bits per heavy atom. The van der Waals surface area contributed by atoms with Crippen LogP contribution in [0.4, 0.5) is 0 Å². The van der Waals surface area contributed by atoms with Gasteiger partial charge in [-0.15, -0.1) is 0 Å². The molecule has 1 N–H and O–H groups in total. The van der Waals surface area contributed by atoms with Gasteiger partial charge in [0.1, 0.15) is 11.9 Å². The quantitative estimate of drug-likeness (QED) is 0.862. The molecule has 0 radical (unpaired) electrons. The Labute approximate surface area is 104 Å². The van der Waals surface area contributed by atoms with Gasteiger partial charge < -0.3 is 10.1 Å². The van der Waals surface area contributed by atoms with E-state index in [0.717, 1.165) is 25.1 Å². The lowest BCUT2D eigenvalue weighted by Gasteiger charge is -2.36. The summed E-state index contributed by atoms with van der Waals surface area (Å²) < 4.78 is 6.10. The van der Waals surface area contributed by atoms with Crippen LogP contribution >= 0.6 is 0 Å². The maximum absolute atomic E-state index is 6.10. The molecule has 0 amide bonds. The number of ether oxygens (including phenoxy) is 1. The molecule has 0 spiro atoms. The van der Waals surface area contributed by atoms with Crippen molar-refractivity contribution in [2.75, 3.05) is 6.54 Å². The summed E-state index contributed by atoms with van der Waals surface area (Å²) in [7, 11) is 0. The lowest BCUT2D eigenvalue weighted by Crippen LogP contribution is -2.46. The van der Waals surface area contributed by atoms with Crippen molar-refractivity contribution in [1.82, 2.24) is 5.32 Å². The fraction of sp³-hybridized carbons (Fsp3) is 0.600. The summed E-state index contributed by atoms with van der Waals surface area (Å²) in [6.45, 7) is 9.61. The lowest BCUT2D eigenvalue weighted by atomic mass is 9.89. The highest BCUT2D eigenvalue weighted by Gasteiger charge is 2.30. The average molecular weight is 233 g/mol. The number of aryl methyl sites for hydroxylation is 3. The van der Waals surface area contributed by atoms with Crippen LogP contribution in [0.25, 0.3) is 0 Å². The van der Waals surface area contributed by atoms with Crippen LogP contribution in [0.5, 0.6) is 5.75 Å². The van der Waals surface area contributed by atoms with Crippen molar-refractivity contribution < 1.29 is 4.74 Å². The van der Waals surface area contributed by atoms with E-state index in [-0.39, 0.29) is 0 Å². The fourth-order valence-electron chi connectivity index (χ4n) is 2.64. The second-order valence-electron chi connectivity index (χ2n) is 5.19. The highest BCUT2D eigenvalue weighted by atomic mass is 16.5. The Balaban J connectivity index is 1.97. The molecule has 1 aliphatic carbocycles. The summed E-state index contributed by atoms with van der Waals surface area (Å²) in [6, 6.07) is 5.06. The largest absolute Gasteiger partial charge is 0.490 e. The molecule has 0 saturated heterocycles. The normalized spacial score (nSPS) is 23.3. The van der Waals surface area contributed by atoms with E-state index in [1.165, 1.54) is 16.7 Å². The predicted octanol–water partition coefficient (Wildman–Crippen LogP) is 3.13. The molecule has 1 aromatic rings. The van der Waals surface area contributed by atoms with Crippen LogP contribution in [-0.4, -0.2) is 18.7 Å². The minimum atomic E-state index is 0.402. The van der Waals surface area contributed by atoms with Gasteiger partial charge in [-0.3, -0.25) is 0 Å². The minimum Gasteiger partial charge on any atom is -0.490 e. The molecule has 1 fully saturated rings. The smallest absolute Gasteiger partial charge is 0.125 e. The molecule has 2 heteroatoms. The minimum absolute atomic E-state index is 0.402. The van der Waals surface area contributed by atoms with E-state index in [4.69, 9.17) is 4.74 Å². The van der Waals surface area contributed by atoms with E-state index < -0.39 is 0 Å². The molecular weight excluding hydrogens is 210 g/mol. The van der Waals surface area contributed by atoms with Gasteiger partial charge in [0.15, 0.2) is 0 Å². The van der Waals surface area contributed by atoms with Crippen molar-refractivity contribution in [2.24, 2.45) is 0 Å². The van der Waals surface area contributed by atoms with Gasteiger partial charge in [-0.25, -0.2) is 0 Å². The molecule has 0 bridgehead atoms. The van der Waals surface area contributed by atoms with E-state index in [1.54, 1.807) is 0 Å². The van der Waals surface area contributed by atoms with Gasteiger partial charge in [0, 0.05) is 6.04 Å². The van der Waals surface area contributed by atoms with E-state index >= 15 is 0 Å². The molecule has 1 saturated carbocycles. The number of hydrogen-bond donors (Lipinski definition) is 1. The molecule has 17 heavy (non-hydrogen) atoms. The second kappa shape index (κ2) is 5.09. The summed E-state index contributed by atoms with van der Waals surface area (Å²) in [4.78, 5) is 0. The Morgan fingerprint density at radius 1 is 1.18 bits per heavy atom. The maximum Gasteiger partial charge on any atom is 0.125 e. The summed E-state index contributed by atoms with van der Waals surface area (Å²) in [5.41, 5.74) is 3.83. The summed E-state index contributed by atoms with van der Waals surface area (Å²) in [5.74, 6) is 1.09. The highest BCUT2D eigenvalue weighted by Crippen LogP contribution is 2.31. The van der Waals surface area contributed by atoms with E-state index in [2.05, 4.69) is 45.1 Å². The van der Waals surface area contributed by atoms with Gasteiger partial charge in [0.2, 0.25) is 0 Å². The summed E-state index contributed by atoms with van der Waals surface area (Å²) in [6.07, 6.45) is 2.68. The first kappa shape index (κ1) is 12.4. The SMILES string of the molecule is CCNC1CC(Oc2c(C)cc(C)cc2C)C1. The number of nitrogens with one attached hydrogen (secondary N) is 1. The van der Waals surface area contributed by atoms with Gasteiger partial charge in [0.25, 0.3) is 0 Å². The third kappa shape index (κ3) is 2.81. The van der Waals surface area contributed by atoms with Gasteiger partial charge >= 0.3 is 0 Å². The van der Waals surface area contributed by atoms with Crippen LogP contribution in [0, 0.1) is 20.8 Å². The zero-order valence-corrected chi connectivity index (χ0v) is 11.3. The van der Waals surface area contributed by atoms with Crippen LogP contribution in [0.15, 0.2) is 12.1 Å². The van der Waals surface area contributed by atoms with E-state index in [1.807, 2.05) is 0 Å². The van der Waals surface area contributed by atoms with Gasteiger partial charge in [-0.1, -0.05) is 24.6 Å². The van der Waals surface area contributed by atoms with Crippen LogP contribution in [0.2, 0.25) is 0 Å². The van der Waals surface area contributed by atoms with Crippen LogP contribution in [-0.2, 0) is 0 Å². The molecule has 0 heterocycles. The third-order valence-corrected chi connectivity index (χ3v) is 3.48. The molecule has 2 nitrogen and oxygen atoms in total. The predicted molar refractivity (Wildman–Crippen MR) is 71.8 cm³/mol. The van der Waals surface area contributed by atoms with Crippen LogP contribution in [0.3, 0.4) is 0 Å². The molecule has 0 unspecified atom stereocenters. The molecule has 0 aliphatic heterocycles. The zero-order chi connectivity index (χ0) is 12.4. The molecular formula is C15H23NO. The van der Waals surface area contributed by atoms with Crippen LogP contribution < -0.4 is 10.1 Å².